The standard InChI is InChI=1S/C9H5F7.H3N/c1-4-2-5(10)3-6(8(11,12)13)7(4)9(14,15)16;/h2-3H,1H3;1H3. The lowest BCUT2D eigenvalue weighted by atomic mass is 10.0. The number of benzene rings is 1. The molecule has 0 fully saturated rings. The first-order valence-electron chi connectivity index (χ1n) is 3.98. The first-order chi connectivity index (χ1) is 7.03. The summed E-state index contributed by atoms with van der Waals surface area (Å²) in [7, 11) is 0. The Morgan fingerprint density at radius 3 is 1.71 bits per heavy atom. The maximum absolute atomic E-state index is 12.7. The highest BCUT2D eigenvalue weighted by Crippen LogP contribution is 2.42. The Morgan fingerprint density at radius 2 is 1.35 bits per heavy atom. The molecule has 0 bridgehead atoms. The van der Waals surface area contributed by atoms with Crippen LogP contribution in [0.3, 0.4) is 0 Å². The van der Waals surface area contributed by atoms with Crippen LogP contribution in [0.2, 0.25) is 0 Å². The van der Waals surface area contributed by atoms with E-state index in [0.29, 0.717) is 6.07 Å². The molecule has 8 heteroatoms. The summed E-state index contributed by atoms with van der Waals surface area (Å²) < 4.78 is 86.5. The maximum atomic E-state index is 12.7. The fourth-order valence-corrected chi connectivity index (χ4v) is 1.34. The van der Waals surface area contributed by atoms with Crippen molar-refractivity contribution in [1.82, 2.24) is 6.15 Å². The van der Waals surface area contributed by atoms with Gasteiger partial charge < -0.3 is 6.15 Å². The molecule has 98 valence electrons. The van der Waals surface area contributed by atoms with E-state index in [9.17, 15) is 30.7 Å². The fourth-order valence-electron chi connectivity index (χ4n) is 1.34. The van der Waals surface area contributed by atoms with Gasteiger partial charge in [-0.15, -0.1) is 0 Å². The minimum absolute atomic E-state index is 0. The Bertz CT molecular complexity index is 405. The number of rotatable bonds is 0. The topological polar surface area (TPSA) is 35.0 Å². The highest BCUT2D eigenvalue weighted by Gasteiger charge is 2.44. The van der Waals surface area contributed by atoms with E-state index < -0.39 is 34.9 Å². The van der Waals surface area contributed by atoms with Crippen LogP contribution in [0.5, 0.6) is 0 Å². The van der Waals surface area contributed by atoms with Crippen molar-refractivity contribution >= 4 is 0 Å². The summed E-state index contributed by atoms with van der Waals surface area (Å²) >= 11 is 0. The van der Waals surface area contributed by atoms with Crippen molar-refractivity contribution in [2.24, 2.45) is 0 Å². The van der Waals surface area contributed by atoms with Gasteiger partial charge in [-0.05, 0) is 24.6 Å². The molecule has 0 aliphatic rings. The lowest BCUT2D eigenvalue weighted by Gasteiger charge is -2.17. The summed E-state index contributed by atoms with van der Waals surface area (Å²) in [4.78, 5) is 0. The molecule has 0 atom stereocenters. The quantitative estimate of drug-likeness (QED) is 0.694. The predicted octanol–water partition coefficient (Wildman–Crippen LogP) is 4.33. The molecule has 0 aromatic heterocycles. The summed E-state index contributed by atoms with van der Waals surface area (Å²) in [5, 5.41) is 0. The van der Waals surface area contributed by atoms with E-state index in [0.717, 1.165) is 6.92 Å². The normalized spacial score (nSPS) is 12.2. The third-order valence-electron chi connectivity index (χ3n) is 1.89. The van der Waals surface area contributed by atoms with Gasteiger partial charge in [-0.2, -0.15) is 26.3 Å². The van der Waals surface area contributed by atoms with E-state index >= 15 is 0 Å². The molecule has 1 rings (SSSR count). The summed E-state index contributed by atoms with van der Waals surface area (Å²) in [6.07, 6.45) is -10.4. The van der Waals surface area contributed by atoms with Crippen molar-refractivity contribution in [2.45, 2.75) is 19.3 Å². The van der Waals surface area contributed by atoms with Crippen molar-refractivity contribution in [3.05, 3.63) is 34.6 Å². The van der Waals surface area contributed by atoms with Crippen LogP contribution in [-0.2, 0) is 12.4 Å². The molecule has 0 aliphatic heterocycles. The van der Waals surface area contributed by atoms with E-state index in [-0.39, 0.29) is 12.2 Å². The molecule has 0 amide bonds. The van der Waals surface area contributed by atoms with Gasteiger partial charge in [0.05, 0.1) is 11.1 Å². The zero-order chi connectivity index (χ0) is 12.7. The summed E-state index contributed by atoms with van der Waals surface area (Å²) in [5.74, 6) is -1.35. The monoisotopic (exact) mass is 263 g/mol. The van der Waals surface area contributed by atoms with Gasteiger partial charge in [-0.3, -0.25) is 0 Å². The molecule has 0 saturated heterocycles. The lowest BCUT2D eigenvalue weighted by Crippen LogP contribution is -2.18. The van der Waals surface area contributed by atoms with E-state index in [1.807, 2.05) is 0 Å². The van der Waals surface area contributed by atoms with Crippen LogP contribution >= 0.6 is 0 Å². The zero-order valence-corrected chi connectivity index (χ0v) is 8.51. The van der Waals surface area contributed by atoms with Crippen LogP contribution in [0.4, 0.5) is 30.7 Å². The van der Waals surface area contributed by atoms with Gasteiger partial charge in [0, 0.05) is 0 Å². The van der Waals surface area contributed by atoms with E-state index in [1.165, 1.54) is 0 Å². The van der Waals surface area contributed by atoms with Gasteiger partial charge in [-0.25, -0.2) is 4.39 Å². The maximum Gasteiger partial charge on any atom is 0.417 e. The third kappa shape index (κ3) is 3.32. The van der Waals surface area contributed by atoms with Crippen molar-refractivity contribution in [1.29, 1.82) is 0 Å². The van der Waals surface area contributed by atoms with Crippen LogP contribution in [-0.4, -0.2) is 0 Å². The van der Waals surface area contributed by atoms with E-state index in [4.69, 9.17) is 0 Å². The van der Waals surface area contributed by atoms with Gasteiger partial charge in [0.15, 0.2) is 0 Å². The van der Waals surface area contributed by atoms with Crippen molar-refractivity contribution in [3.8, 4) is 0 Å². The van der Waals surface area contributed by atoms with Gasteiger partial charge in [0.2, 0.25) is 0 Å². The summed E-state index contributed by atoms with van der Waals surface area (Å²) in [6, 6.07) is 0.258. The number of aryl methyl sites for hydroxylation is 1. The van der Waals surface area contributed by atoms with Crippen molar-refractivity contribution < 1.29 is 30.7 Å². The molecule has 1 aromatic carbocycles. The first kappa shape index (κ1) is 15.7. The van der Waals surface area contributed by atoms with Crippen LogP contribution in [0.15, 0.2) is 12.1 Å². The number of alkyl halides is 6. The lowest BCUT2D eigenvalue weighted by molar-refractivity contribution is -0.162. The molecule has 0 saturated carbocycles. The van der Waals surface area contributed by atoms with Crippen molar-refractivity contribution in [3.63, 3.8) is 0 Å². The molecule has 0 aliphatic carbocycles. The Labute approximate surface area is 91.8 Å². The zero-order valence-electron chi connectivity index (χ0n) is 8.51. The number of hydrogen-bond donors (Lipinski definition) is 1. The minimum Gasteiger partial charge on any atom is -0.344 e. The van der Waals surface area contributed by atoms with Crippen molar-refractivity contribution in [2.75, 3.05) is 0 Å². The fraction of sp³-hybridized carbons (Fsp3) is 0.333. The minimum atomic E-state index is -5.24. The van der Waals surface area contributed by atoms with Gasteiger partial charge in [0.1, 0.15) is 5.82 Å². The molecule has 0 unspecified atom stereocenters. The van der Waals surface area contributed by atoms with Gasteiger partial charge in [0.25, 0.3) is 0 Å². The van der Waals surface area contributed by atoms with E-state index in [1.54, 1.807) is 0 Å². The van der Waals surface area contributed by atoms with Gasteiger partial charge in [-0.1, -0.05) is 0 Å². The Balaban J connectivity index is 0.00000256. The second-order valence-corrected chi connectivity index (χ2v) is 3.14. The number of halogens is 7. The first-order valence-corrected chi connectivity index (χ1v) is 3.98. The third-order valence-corrected chi connectivity index (χ3v) is 1.89. The average molecular weight is 263 g/mol. The molecular formula is C9H8F7N. The second-order valence-electron chi connectivity index (χ2n) is 3.14. The predicted molar refractivity (Wildman–Crippen MR) is 46.2 cm³/mol. The summed E-state index contributed by atoms with van der Waals surface area (Å²) in [5.41, 5.74) is -4.64. The van der Waals surface area contributed by atoms with Crippen LogP contribution in [0.1, 0.15) is 16.7 Å². The van der Waals surface area contributed by atoms with Crippen LogP contribution in [0, 0.1) is 12.7 Å². The largest absolute Gasteiger partial charge is 0.417 e. The smallest absolute Gasteiger partial charge is 0.344 e. The molecule has 1 nitrogen and oxygen atoms in total. The van der Waals surface area contributed by atoms with Crippen LogP contribution < -0.4 is 6.15 Å². The second kappa shape index (κ2) is 4.52. The highest BCUT2D eigenvalue weighted by atomic mass is 19.4. The average Bonchev–Trinajstić information content (AvgIpc) is 1.97. The number of hydrogen-bond acceptors (Lipinski definition) is 1. The summed E-state index contributed by atoms with van der Waals surface area (Å²) in [6.45, 7) is 0.779. The Hall–Kier alpha value is -1.31. The van der Waals surface area contributed by atoms with Gasteiger partial charge >= 0.3 is 12.4 Å². The Kier molecular flexibility index (Phi) is 4.17. The van der Waals surface area contributed by atoms with Crippen LogP contribution in [0.25, 0.3) is 0 Å². The Morgan fingerprint density at radius 1 is 0.882 bits per heavy atom. The molecule has 0 spiro atoms. The molecule has 3 N–H and O–H groups in total. The highest BCUT2D eigenvalue weighted by molar-refractivity contribution is 5.39. The SMILES string of the molecule is Cc1cc(F)cc(C(F)(F)F)c1C(F)(F)F.N. The molecule has 17 heavy (non-hydrogen) atoms. The molecule has 0 heterocycles. The molecular weight excluding hydrogens is 255 g/mol. The van der Waals surface area contributed by atoms with E-state index in [2.05, 4.69) is 0 Å². The molecule has 1 aromatic rings. The molecule has 0 radical (unpaired) electrons.